The monoisotopic (exact) mass is 367 g/mol. The van der Waals surface area contributed by atoms with Crippen molar-refractivity contribution in [2.24, 2.45) is 0 Å². The SMILES string of the molecule is CCSc1nnc(SCC(=O)N(C)Cc2ccc(CC)cc2)s1. The molecule has 4 nitrogen and oxygen atoms in total. The van der Waals surface area contributed by atoms with E-state index in [1.54, 1.807) is 28.0 Å². The van der Waals surface area contributed by atoms with Crippen molar-refractivity contribution >= 4 is 40.8 Å². The highest BCUT2D eigenvalue weighted by Crippen LogP contribution is 2.28. The van der Waals surface area contributed by atoms with Gasteiger partial charge in [0.2, 0.25) is 5.91 Å². The molecule has 1 aromatic carbocycles. The molecule has 0 saturated heterocycles. The van der Waals surface area contributed by atoms with Gasteiger partial charge in [-0.3, -0.25) is 4.79 Å². The highest BCUT2D eigenvalue weighted by Gasteiger charge is 2.12. The Morgan fingerprint density at radius 2 is 1.70 bits per heavy atom. The molecule has 23 heavy (non-hydrogen) atoms. The van der Waals surface area contributed by atoms with Crippen LogP contribution in [0.1, 0.15) is 25.0 Å². The highest BCUT2D eigenvalue weighted by molar-refractivity contribution is 8.03. The Morgan fingerprint density at radius 3 is 2.30 bits per heavy atom. The topological polar surface area (TPSA) is 46.1 Å². The lowest BCUT2D eigenvalue weighted by atomic mass is 10.1. The van der Waals surface area contributed by atoms with Crippen LogP contribution < -0.4 is 0 Å². The normalized spacial score (nSPS) is 10.7. The molecule has 0 fully saturated rings. The third-order valence-corrected chi connectivity index (χ3v) is 6.31. The standard InChI is InChI=1S/C16H21N3OS3/c1-4-12-6-8-13(9-7-12)10-19(3)14(20)11-22-16-18-17-15(23-16)21-5-2/h6-9H,4-5,10-11H2,1-3H3. The number of carbonyl (C=O) groups is 1. The fourth-order valence-electron chi connectivity index (χ4n) is 1.91. The number of rotatable bonds is 8. The second-order valence-electron chi connectivity index (χ2n) is 4.98. The van der Waals surface area contributed by atoms with Gasteiger partial charge < -0.3 is 4.90 Å². The van der Waals surface area contributed by atoms with Crippen LogP contribution in [0.5, 0.6) is 0 Å². The Hall–Kier alpha value is -1.05. The van der Waals surface area contributed by atoms with Crippen molar-refractivity contribution in [2.45, 2.75) is 35.5 Å². The summed E-state index contributed by atoms with van der Waals surface area (Å²) in [5.74, 6) is 1.49. The zero-order valence-corrected chi connectivity index (χ0v) is 16.1. The first-order valence-electron chi connectivity index (χ1n) is 7.53. The molecule has 0 N–H and O–H groups in total. The molecule has 0 aliphatic carbocycles. The molecule has 7 heteroatoms. The first-order valence-corrected chi connectivity index (χ1v) is 10.3. The van der Waals surface area contributed by atoms with E-state index in [1.165, 1.54) is 17.3 Å². The molecule has 0 saturated carbocycles. The predicted octanol–water partition coefficient (Wildman–Crippen LogP) is 3.96. The number of thioether (sulfide) groups is 2. The summed E-state index contributed by atoms with van der Waals surface area (Å²) in [5, 5.41) is 8.21. The summed E-state index contributed by atoms with van der Waals surface area (Å²) in [6, 6.07) is 8.43. The number of amides is 1. The van der Waals surface area contributed by atoms with E-state index in [-0.39, 0.29) is 5.91 Å². The number of aromatic nitrogens is 2. The van der Waals surface area contributed by atoms with E-state index in [1.807, 2.05) is 7.05 Å². The van der Waals surface area contributed by atoms with Crippen molar-refractivity contribution in [3.8, 4) is 0 Å². The fraction of sp³-hybridized carbons (Fsp3) is 0.438. The number of benzene rings is 1. The summed E-state index contributed by atoms with van der Waals surface area (Å²) in [6.45, 7) is 4.86. The van der Waals surface area contributed by atoms with Crippen molar-refractivity contribution in [3.05, 3.63) is 35.4 Å². The van der Waals surface area contributed by atoms with Gasteiger partial charge >= 0.3 is 0 Å². The van der Waals surface area contributed by atoms with Crippen LogP contribution in [0.25, 0.3) is 0 Å². The van der Waals surface area contributed by atoms with E-state index < -0.39 is 0 Å². The average Bonchev–Trinajstić information content (AvgIpc) is 3.01. The first kappa shape index (κ1) is 18.3. The maximum atomic E-state index is 12.2. The Kier molecular flexibility index (Phi) is 7.39. The minimum atomic E-state index is 0.106. The lowest BCUT2D eigenvalue weighted by Crippen LogP contribution is -2.27. The molecular formula is C16H21N3OS3. The number of carbonyl (C=O) groups excluding carboxylic acids is 1. The van der Waals surface area contributed by atoms with Crippen LogP contribution in [0.4, 0.5) is 0 Å². The van der Waals surface area contributed by atoms with Gasteiger partial charge in [-0.1, -0.05) is 73.0 Å². The van der Waals surface area contributed by atoms with Gasteiger partial charge in [-0.2, -0.15) is 0 Å². The summed E-state index contributed by atoms with van der Waals surface area (Å²) >= 11 is 4.69. The van der Waals surface area contributed by atoms with Gasteiger partial charge in [-0.25, -0.2) is 0 Å². The minimum absolute atomic E-state index is 0.106. The molecule has 0 bridgehead atoms. The van der Waals surface area contributed by atoms with Crippen LogP contribution in [0.15, 0.2) is 32.9 Å². The smallest absolute Gasteiger partial charge is 0.233 e. The van der Waals surface area contributed by atoms with Gasteiger partial charge in [0.25, 0.3) is 0 Å². The molecule has 0 aliphatic rings. The molecule has 2 aromatic rings. The molecular weight excluding hydrogens is 346 g/mol. The molecule has 0 atom stereocenters. The molecule has 1 aromatic heterocycles. The molecule has 0 spiro atoms. The maximum Gasteiger partial charge on any atom is 0.233 e. The van der Waals surface area contributed by atoms with Crippen molar-refractivity contribution in [2.75, 3.05) is 18.6 Å². The lowest BCUT2D eigenvalue weighted by Gasteiger charge is -2.17. The molecule has 0 unspecified atom stereocenters. The summed E-state index contributed by atoms with van der Waals surface area (Å²) in [6.07, 6.45) is 1.03. The largest absolute Gasteiger partial charge is 0.341 e. The Labute approximate surface area is 150 Å². The van der Waals surface area contributed by atoms with Gasteiger partial charge in [0, 0.05) is 13.6 Å². The predicted molar refractivity (Wildman–Crippen MR) is 99.3 cm³/mol. The second kappa shape index (κ2) is 9.30. The molecule has 124 valence electrons. The van der Waals surface area contributed by atoms with Crippen molar-refractivity contribution in [1.29, 1.82) is 0 Å². The summed E-state index contributed by atoms with van der Waals surface area (Å²) in [5.41, 5.74) is 2.47. The van der Waals surface area contributed by atoms with Gasteiger partial charge in [-0.15, -0.1) is 10.2 Å². The zero-order valence-electron chi connectivity index (χ0n) is 13.6. The third-order valence-electron chi connectivity index (χ3n) is 3.25. The Bertz CT molecular complexity index is 628. The summed E-state index contributed by atoms with van der Waals surface area (Å²) in [4.78, 5) is 14.0. The molecule has 1 heterocycles. The van der Waals surface area contributed by atoms with Crippen molar-refractivity contribution in [1.82, 2.24) is 15.1 Å². The van der Waals surface area contributed by atoms with Gasteiger partial charge in [0.05, 0.1) is 5.75 Å². The van der Waals surface area contributed by atoms with E-state index in [2.05, 4.69) is 48.3 Å². The highest BCUT2D eigenvalue weighted by atomic mass is 32.2. The quantitative estimate of drug-likeness (QED) is 0.661. The number of aryl methyl sites for hydroxylation is 1. The van der Waals surface area contributed by atoms with E-state index in [0.717, 1.165) is 26.4 Å². The van der Waals surface area contributed by atoms with Crippen LogP contribution >= 0.6 is 34.9 Å². The first-order chi connectivity index (χ1) is 11.1. The summed E-state index contributed by atoms with van der Waals surface area (Å²) in [7, 11) is 1.84. The van der Waals surface area contributed by atoms with Crippen LogP contribution in [-0.4, -0.2) is 39.6 Å². The van der Waals surface area contributed by atoms with E-state index >= 15 is 0 Å². The van der Waals surface area contributed by atoms with Crippen LogP contribution in [0, 0.1) is 0 Å². The van der Waals surface area contributed by atoms with E-state index in [4.69, 9.17) is 0 Å². The fourth-order valence-corrected chi connectivity index (χ4v) is 4.77. The third kappa shape index (κ3) is 5.82. The molecule has 2 rings (SSSR count). The van der Waals surface area contributed by atoms with Gasteiger partial charge in [-0.05, 0) is 23.3 Å². The number of nitrogens with zero attached hydrogens (tertiary/aromatic N) is 3. The lowest BCUT2D eigenvalue weighted by molar-refractivity contribution is -0.127. The molecule has 1 amide bonds. The van der Waals surface area contributed by atoms with Crippen LogP contribution in [-0.2, 0) is 17.8 Å². The van der Waals surface area contributed by atoms with Gasteiger partial charge in [0.1, 0.15) is 0 Å². The summed E-state index contributed by atoms with van der Waals surface area (Å²) < 4.78 is 1.82. The van der Waals surface area contributed by atoms with Crippen molar-refractivity contribution in [3.63, 3.8) is 0 Å². The van der Waals surface area contributed by atoms with Gasteiger partial charge in [0.15, 0.2) is 8.68 Å². The maximum absolute atomic E-state index is 12.2. The molecule has 0 aliphatic heterocycles. The molecule has 0 radical (unpaired) electrons. The Balaban J connectivity index is 1.81. The zero-order chi connectivity index (χ0) is 16.7. The van der Waals surface area contributed by atoms with Crippen LogP contribution in [0.2, 0.25) is 0 Å². The number of hydrogen-bond acceptors (Lipinski definition) is 6. The number of hydrogen-bond donors (Lipinski definition) is 0. The van der Waals surface area contributed by atoms with E-state index in [9.17, 15) is 4.79 Å². The average molecular weight is 368 g/mol. The Morgan fingerprint density at radius 1 is 1.09 bits per heavy atom. The minimum Gasteiger partial charge on any atom is -0.341 e. The van der Waals surface area contributed by atoms with Crippen LogP contribution in [0.3, 0.4) is 0 Å². The van der Waals surface area contributed by atoms with E-state index in [0.29, 0.717) is 12.3 Å². The second-order valence-corrected chi connectivity index (χ2v) is 8.69. The van der Waals surface area contributed by atoms with Crippen molar-refractivity contribution < 1.29 is 4.79 Å².